The van der Waals surface area contributed by atoms with E-state index in [1.165, 1.54) is 24.6 Å². The first-order valence-electron chi connectivity index (χ1n) is 8.08. The highest BCUT2D eigenvalue weighted by atomic mass is 79.9. The van der Waals surface area contributed by atoms with Gasteiger partial charge in [-0.15, -0.1) is 10.2 Å². The highest BCUT2D eigenvalue weighted by Crippen LogP contribution is 2.33. The molecule has 0 saturated heterocycles. The molecule has 0 unspecified atom stereocenters. The number of anilines is 1. The van der Waals surface area contributed by atoms with Gasteiger partial charge in [-0.05, 0) is 34.1 Å². The van der Waals surface area contributed by atoms with E-state index in [4.69, 9.17) is 5.73 Å². The molecule has 0 aliphatic carbocycles. The number of halogens is 4. The van der Waals surface area contributed by atoms with Crippen molar-refractivity contribution in [3.05, 3.63) is 34.4 Å². The Kier molecular flexibility index (Phi) is 5.38. The lowest BCUT2D eigenvalue weighted by Crippen LogP contribution is -2.10. The zero-order valence-electron chi connectivity index (χ0n) is 15.1. The van der Waals surface area contributed by atoms with Crippen molar-refractivity contribution in [3.8, 4) is 23.0 Å². The van der Waals surface area contributed by atoms with Gasteiger partial charge in [0.05, 0.1) is 20.7 Å². The number of nitrogens with zero attached hydrogens (tertiary/aromatic N) is 5. The van der Waals surface area contributed by atoms with Crippen molar-refractivity contribution in [2.75, 3.05) is 11.5 Å². The summed E-state index contributed by atoms with van der Waals surface area (Å²) in [5, 5.41) is 7.81. The molecule has 0 aliphatic rings. The van der Waals surface area contributed by atoms with Crippen LogP contribution >= 0.6 is 15.9 Å². The van der Waals surface area contributed by atoms with E-state index >= 15 is 0 Å². The number of hydrogen-bond acceptors (Lipinski definition) is 7. The van der Waals surface area contributed by atoms with Crippen LogP contribution in [0.2, 0.25) is 0 Å². The summed E-state index contributed by atoms with van der Waals surface area (Å²) in [6.07, 6.45) is -3.54. The van der Waals surface area contributed by atoms with Gasteiger partial charge >= 0.3 is 6.18 Å². The Labute approximate surface area is 172 Å². The number of nitrogen functional groups attached to an aromatic ring is 1. The third-order valence-electron chi connectivity index (χ3n) is 4.09. The van der Waals surface area contributed by atoms with Crippen LogP contribution in [0.3, 0.4) is 0 Å². The molecule has 0 spiro atoms. The van der Waals surface area contributed by atoms with E-state index in [9.17, 15) is 21.6 Å². The Bertz CT molecular complexity index is 1190. The largest absolute Gasteiger partial charge is 0.416 e. The van der Waals surface area contributed by atoms with Gasteiger partial charge in [-0.3, -0.25) is 4.98 Å². The molecule has 0 aliphatic heterocycles. The highest BCUT2D eigenvalue weighted by molar-refractivity contribution is 9.10. The Hall–Kier alpha value is -2.54. The number of sulfone groups is 1. The fourth-order valence-corrected chi connectivity index (χ4v) is 4.04. The van der Waals surface area contributed by atoms with E-state index in [1.807, 2.05) is 0 Å². The standard InChI is InChI=1S/C16H14BrF3N6O2S/c1-3-29(27,28)11-7-9(17)13(21)23-12(11)15-25-24-14(26(15)2)10-6-8(4-5-22-10)16(18,19)20/h4-7H,3H2,1-2H3,(H2,21,23). The van der Waals surface area contributed by atoms with Gasteiger partial charge in [0.2, 0.25) is 0 Å². The molecule has 3 rings (SSSR count). The Morgan fingerprint density at radius 1 is 1.21 bits per heavy atom. The molecule has 29 heavy (non-hydrogen) atoms. The summed E-state index contributed by atoms with van der Waals surface area (Å²) < 4.78 is 65.6. The van der Waals surface area contributed by atoms with Crippen LogP contribution in [0.25, 0.3) is 23.0 Å². The second-order valence-corrected chi connectivity index (χ2v) is 9.04. The molecule has 0 saturated carbocycles. The van der Waals surface area contributed by atoms with Crippen molar-refractivity contribution in [2.24, 2.45) is 7.05 Å². The fourth-order valence-electron chi connectivity index (χ4n) is 2.53. The van der Waals surface area contributed by atoms with Gasteiger partial charge in [0, 0.05) is 13.2 Å². The molecular formula is C16H14BrF3N6O2S. The van der Waals surface area contributed by atoms with Crippen molar-refractivity contribution in [1.82, 2.24) is 24.7 Å². The minimum Gasteiger partial charge on any atom is -0.383 e. The maximum atomic E-state index is 13.0. The summed E-state index contributed by atoms with van der Waals surface area (Å²) in [4.78, 5) is 7.90. The first-order valence-corrected chi connectivity index (χ1v) is 10.5. The second kappa shape index (κ2) is 7.37. The van der Waals surface area contributed by atoms with E-state index in [1.54, 1.807) is 0 Å². The van der Waals surface area contributed by atoms with Gasteiger partial charge < -0.3 is 10.3 Å². The smallest absolute Gasteiger partial charge is 0.383 e. The van der Waals surface area contributed by atoms with Crippen molar-refractivity contribution in [1.29, 1.82) is 0 Å². The number of pyridine rings is 2. The van der Waals surface area contributed by atoms with Crippen LogP contribution in [0.1, 0.15) is 12.5 Å². The fraction of sp³-hybridized carbons (Fsp3) is 0.250. The van der Waals surface area contributed by atoms with Crippen LogP contribution in [0, 0.1) is 0 Å². The SMILES string of the molecule is CCS(=O)(=O)c1cc(Br)c(N)nc1-c1nnc(-c2cc(C(F)(F)F)ccn2)n1C. The van der Waals surface area contributed by atoms with Gasteiger partial charge in [-0.25, -0.2) is 13.4 Å². The quantitative estimate of drug-likeness (QED) is 0.596. The van der Waals surface area contributed by atoms with E-state index in [-0.39, 0.29) is 44.0 Å². The summed E-state index contributed by atoms with van der Waals surface area (Å²) in [6.45, 7) is 1.47. The minimum atomic E-state index is -4.55. The van der Waals surface area contributed by atoms with Crippen LogP contribution < -0.4 is 5.73 Å². The molecule has 0 radical (unpaired) electrons. The van der Waals surface area contributed by atoms with E-state index < -0.39 is 21.6 Å². The van der Waals surface area contributed by atoms with E-state index in [2.05, 4.69) is 36.1 Å². The first kappa shape index (κ1) is 21.2. The zero-order valence-corrected chi connectivity index (χ0v) is 17.5. The van der Waals surface area contributed by atoms with Crippen molar-refractivity contribution >= 4 is 31.6 Å². The zero-order chi connectivity index (χ0) is 21.6. The van der Waals surface area contributed by atoms with Gasteiger partial charge in [0.15, 0.2) is 21.5 Å². The summed E-state index contributed by atoms with van der Waals surface area (Å²) >= 11 is 3.15. The third kappa shape index (κ3) is 3.96. The predicted molar refractivity (Wildman–Crippen MR) is 102 cm³/mol. The van der Waals surface area contributed by atoms with Crippen molar-refractivity contribution in [2.45, 2.75) is 18.0 Å². The molecule has 0 aromatic carbocycles. The van der Waals surface area contributed by atoms with E-state index in [0.29, 0.717) is 0 Å². The maximum absolute atomic E-state index is 13.0. The van der Waals surface area contributed by atoms with Crippen LogP contribution in [0.5, 0.6) is 0 Å². The first-order chi connectivity index (χ1) is 13.5. The molecule has 2 N–H and O–H groups in total. The molecule has 0 bridgehead atoms. The van der Waals surface area contributed by atoms with Crippen LogP contribution in [-0.4, -0.2) is 38.9 Å². The molecule has 0 fully saturated rings. The Balaban J connectivity index is 2.21. The van der Waals surface area contributed by atoms with Crippen LogP contribution in [0.15, 0.2) is 33.8 Å². The van der Waals surface area contributed by atoms with Crippen LogP contribution in [-0.2, 0) is 23.1 Å². The lowest BCUT2D eigenvalue weighted by Gasteiger charge is -2.11. The topological polar surface area (TPSA) is 117 Å². The molecule has 3 aromatic heterocycles. The summed E-state index contributed by atoms with van der Waals surface area (Å²) in [6, 6.07) is 2.98. The lowest BCUT2D eigenvalue weighted by atomic mass is 10.2. The number of alkyl halides is 3. The second-order valence-electron chi connectivity index (χ2n) is 5.94. The number of nitrogens with two attached hydrogens (primary N) is 1. The molecule has 0 atom stereocenters. The lowest BCUT2D eigenvalue weighted by molar-refractivity contribution is -0.137. The maximum Gasteiger partial charge on any atom is 0.416 e. The third-order valence-corrected chi connectivity index (χ3v) is 6.46. The average Bonchev–Trinajstić information content (AvgIpc) is 3.04. The monoisotopic (exact) mass is 490 g/mol. The predicted octanol–water partition coefficient (Wildman–Crippen LogP) is 3.10. The Morgan fingerprint density at radius 2 is 1.86 bits per heavy atom. The molecule has 3 aromatic rings. The summed E-state index contributed by atoms with van der Waals surface area (Å²) in [5.41, 5.74) is 4.77. The molecule has 154 valence electrons. The molecule has 13 heteroatoms. The van der Waals surface area contributed by atoms with Crippen molar-refractivity contribution in [3.63, 3.8) is 0 Å². The minimum absolute atomic E-state index is 0.00855. The summed E-state index contributed by atoms with van der Waals surface area (Å²) in [5.74, 6) is -0.144. The van der Waals surface area contributed by atoms with Gasteiger partial charge in [0.25, 0.3) is 0 Å². The molecule has 3 heterocycles. The molecular weight excluding hydrogens is 477 g/mol. The number of aromatic nitrogens is 5. The molecule has 0 amide bonds. The Morgan fingerprint density at radius 3 is 2.48 bits per heavy atom. The van der Waals surface area contributed by atoms with Gasteiger partial charge in [-0.1, -0.05) is 6.92 Å². The summed E-state index contributed by atoms with van der Waals surface area (Å²) in [7, 11) is -2.24. The van der Waals surface area contributed by atoms with Crippen molar-refractivity contribution < 1.29 is 21.6 Å². The van der Waals surface area contributed by atoms with Gasteiger partial charge in [0.1, 0.15) is 17.2 Å². The highest BCUT2D eigenvalue weighted by Gasteiger charge is 2.31. The van der Waals surface area contributed by atoms with E-state index in [0.717, 1.165) is 18.3 Å². The number of rotatable bonds is 4. The van der Waals surface area contributed by atoms with Crippen LogP contribution in [0.4, 0.5) is 19.0 Å². The normalized spacial score (nSPS) is 12.3. The number of hydrogen-bond donors (Lipinski definition) is 1. The van der Waals surface area contributed by atoms with Gasteiger partial charge in [-0.2, -0.15) is 13.2 Å². The average molecular weight is 491 g/mol. The molecule has 8 nitrogen and oxygen atoms in total.